The van der Waals surface area contributed by atoms with Crippen LogP contribution in [0.3, 0.4) is 0 Å². The molecule has 0 N–H and O–H groups in total. The van der Waals surface area contributed by atoms with Crippen LogP contribution in [0.2, 0.25) is 0 Å². The van der Waals surface area contributed by atoms with Crippen LogP contribution in [0, 0.1) is 11.8 Å². The van der Waals surface area contributed by atoms with Crippen molar-refractivity contribution in [2.75, 3.05) is 13.7 Å². The largest absolute Gasteiger partial charge is 0.497 e. The van der Waals surface area contributed by atoms with Gasteiger partial charge in [-0.25, -0.2) is 0 Å². The van der Waals surface area contributed by atoms with E-state index in [1.54, 1.807) is 7.11 Å². The number of fused-ring (bicyclic) bond motifs is 1. The Kier molecular flexibility index (Phi) is 3.36. The van der Waals surface area contributed by atoms with Gasteiger partial charge in [0.25, 0.3) is 0 Å². The molecule has 0 bridgehead atoms. The number of Topliss-reactive ketones (excluding diaryl/α,β-unsaturated/α-hetero) is 1. The first-order chi connectivity index (χ1) is 8.11. The van der Waals surface area contributed by atoms with Gasteiger partial charge in [-0.1, -0.05) is 13.8 Å². The van der Waals surface area contributed by atoms with Crippen LogP contribution in [0.1, 0.15) is 19.4 Å². The van der Waals surface area contributed by atoms with Gasteiger partial charge in [-0.3, -0.25) is 4.79 Å². The lowest BCUT2D eigenvalue weighted by Crippen LogP contribution is -2.30. The van der Waals surface area contributed by atoms with E-state index in [0.717, 1.165) is 23.5 Å². The third-order valence-electron chi connectivity index (χ3n) is 3.15. The minimum absolute atomic E-state index is 0.0189. The van der Waals surface area contributed by atoms with Gasteiger partial charge in [0.15, 0.2) is 0 Å². The van der Waals surface area contributed by atoms with Crippen molar-refractivity contribution in [1.29, 1.82) is 0 Å². The molecule has 0 amide bonds. The Morgan fingerprint density at radius 3 is 2.88 bits per heavy atom. The predicted molar refractivity (Wildman–Crippen MR) is 65.5 cm³/mol. The molecule has 1 aliphatic heterocycles. The van der Waals surface area contributed by atoms with Crippen LogP contribution >= 0.6 is 0 Å². The Labute approximate surface area is 102 Å². The van der Waals surface area contributed by atoms with E-state index in [9.17, 15) is 4.79 Å². The molecule has 1 aromatic carbocycles. The first-order valence-electron chi connectivity index (χ1n) is 5.95. The number of rotatable bonds is 3. The summed E-state index contributed by atoms with van der Waals surface area (Å²) in [6, 6.07) is 5.74. The van der Waals surface area contributed by atoms with Gasteiger partial charge in [-0.2, -0.15) is 0 Å². The fraction of sp³-hybridized carbons (Fsp3) is 0.500. The van der Waals surface area contributed by atoms with E-state index in [1.807, 2.05) is 32.0 Å². The van der Waals surface area contributed by atoms with E-state index in [0.29, 0.717) is 6.61 Å². The van der Waals surface area contributed by atoms with Crippen molar-refractivity contribution in [2.24, 2.45) is 11.8 Å². The van der Waals surface area contributed by atoms with Gasteiger partial charge in [0.2, 0.25) is 0 Å². The zero-order chi connectivity index (χ0) is 12.4. The molecule has 0 spiro atoms. The van der Waals surface area contributed by atoms with Gasteiger partial charge in [0, 0.05) is 5.92 Å². The predicted octanol–water partition coefficient (Wildman–Crippen LogP) is 2.47. The number of ketones is 1. The molecule has 3 heteroatoms. The molecule has 1 heterocycles. The lowest BCUT2D eigenvalue weighted by molar-refractivity contribution is -0.127. The lowest BCUT2D eigenvalue weighted by atomic mass is 9.88. The van der Waals surface area contributed by atoms with E-state index in [1.165, 1.54) is 0 Å². The summed E-state index contributed by atoms with van der Waals surface area (Å²) in [5, 5.41) is 0. The summed E-state index contributed by atoms with van der Waals surface area (Å²) in [5.74, 6) is 2.01. The van der Waals surface area contributed by atoms with Crippen molar-refractivity contribution in [3.8, 4) is 11.5 Å². The maximum Gasteiger partial charge on any atom is 0.142 e. The summed E-state index contributed by atoms with van der Waals surface area (Å²) >= 11 is 0. The van der Waals surface area contributed by atoms with E-state index in [2.05, 4.69) is 0 Å². The van der Waals surface area contributed by atoms with Crippen LogP contribution in [0.4, 0.5) is 0 Å². The molecule has 3 nitrogen and oxygen atoms in total. The monoisotopic (exact) mass is 234 g/mol. The molecule has 0 aliphatic carbocycles. The summed E-state index contributed by atoms with van der Waals surface area (Å²) in [6.07, 6.45) is 0.754. The first kappa shape index (κ1) is 12.0. The number of hydrogen-bond acceptors (Lipinski definition) is 3. The third kappa shape index (κ3) is 2.43. The Morgan fingerprint density at radius 2 is 2.24 bits per heavy atom. The van der Waals surface area contributed by atoms with E-state index in [-0.39, 0.29) is 17.6 Å². The Bertz CT molecular complexity index is 423. The van der Waals surface area contributed by atoms with Crippen LogP contribution in [-0.2, 0) is 11.2 Å². The normalized spacial score (nSPS) is 18.5. The Morgan fingerprint density at radius 1 is 1.47 bits per heavy atom. The number of hydrogen-bond donors (Lipinski definition) is 0. The standard InChI is InChI=1S/C14H18O3/c1-9(2)14(15)11-6-10-7-12(16-3)4-5-13(10)17-8-11/h4-5,7,9,11H,6,8H2,1-3H3. The second-order valence-electron chi connectivity index (χ2n) is 4.74. The first-order valence-corrected chi connectivity index (χ1v) is 5.95. The smallest absolute Gasteiger partial charge is 0.142 e. The van der Waals surface area contributed by atoms with Crippen molar-refractivity contribution < 1.29 is 14.3 Å². The quantitative estimate of drug-likeness (QED) is 0.806. The highest BCUT2D eigenvalue weighted by molar-refractivity contribution is 5.83. The fourth-order valence-corrected chi connectivity index (χ4v) is 2.15. The average molecular weight is 234 g/mol. The van der Waals surface area contributed by atoms with Gasteiger partial charge in [-0.15, -0.1) is 0 Å². The molecule has 2 rings (SSSR count). The molecule has 0 aromatic heterocycles. The summed E-state index contributed by atoms with van der Waals surface area (Å²) in [7, 11) is 1.64. The van der Waals surface area contributed by atoms with E-state index in [4.69, 9.17) is 9.47 Å². The number of benzene rings is 1. The van der Waals surface area contributed by atoms with Gasteiger partial charge in [0.1, 0.15) is 17.3 Å². The highest BCUT2D eigenvalue weighted by Crippen LogP contribution is 2.31. The Balaban J connectivity index is 2.19. The zero-order valence-electron chi connectivity index (χ0n) is 10.5. The van der Waals surface area contributed by atoms with Crippen LogP contribution < -0.4 is 9.47 Å². The van der Waals surface area contributed by atoms with E-state index < -0.39 is 0 Å². The zero-order valence-corrected chi connectivity index (χ0v) is 10.5. The highest BCUT2D eigenvalue weighted by atomic mass is 16.5. The maximum atomic E-state index is 12.0. The van der Waals surface area contributed by atoms with Gasteiger partial charge >= 0.3 is 0 Å². The molecule has 0 saturated heterocycles. The number of methoxy groups -OCH3 is 1. The summed E-state index contributed by atoms with van der Waals surface area (Å²) in [6.45, 7) is 4.36. The van der Waals surface area contributed by atoms with Crippen molar-refractivity contribution in [2.45, 2.75) is 20.3 Å². The summed E-state index contributed by atoms with van der Waals surface area (Å²) in [5.41, 5.74) is 1.06. The molecule has 1 unspecified atom stereocenters. The summed E-state index contributed by atoms with van der Waals surface area (Å²) < 4.78 is 10.8. The van der Waals surface area contributed by atoms with Crippen molar-refractivity contribution in [3.05, 3.63) is 23.8 Å². The van der Waals surface area contributed by atoms with Crippen molar-refractivity contribution in [1.82, 2.24) is 0 Å². The van der Waals surface area contributed by atoms with E-state index >= 15 is 0 Å². The van der Waals surface area contributed by atoms with Gasteiger partial charge in [0.05, 0.1) is 19.6 Å². The average Bonchev–Trinajstić information content (AvgIpc) is 2.36. The molecule has 1 aromatic rings. The van der Waals surface area contributed by atoms with Crippen LogP contribution in [-0.4, -0.2) is 19.5 Å². The lowest BCUT2D eigenvalue weighted by Gasteiger charge is -2.25. The number of carbonyl (C=O) groups is 1. The van der Waals surface area contributed by atoms with Crippen molar-refractivity contribution in [3.63, 3.8) is 0 Å². The number of carbonyl (C=O) groups excluding carboxylic acids is 1. The second-order valence-corrected chi connectivity index (χ2v) is 4.74. The maximum absolute atomic E-state index is 12.0. The van der Waals surface area contributed by atoms with Gasteiger partial charge in [-0.05, 0) is 30.2 Å². The van der Waals surface area contributed by atoms with Crippen LogP contribution in [0.25, 0.3) is 0 Å². The molecule has 17 heavy (non-hydrogen) atoms. The molecule has 0 fully saturated rings. The molecule has 0 saturated carbocycles. The van der Waals surface area contributed by atoms with Crippen LogP contribution in [0.5, 0.6) is 11.5 Å². The number of ether oxygens (including phenoxy) is 2. The topological polar surface area (TPSA) is 35.5 Å². The third-order valence-corrected chi connectivity index (χ3v) is 3.15. The van der Waals surface area contributed by atoms with Crippen LogP contribution in [0.15, 0.2) is 18.2 Å². The summed E-state index contributed by atoms with van der Waals surface area (Å²) in [4.78, 5) is 12.0. The highest BCUT2D eigenvalue weighted by Gasteiger charge is 2.27. The Hall–Kier alpha value is -1.51. The molecule has 1 atom stereocenters. The molecular weight excluding hydrogens is 216 g/mol. The van der Waals surface area contributed by atoms with Crippen molar-refractivity contribution >= 4 is 5.78 Å². The molecule has 92 valence electrons. The molecule has 0 radical (unpaired) electrons. The van der Waals surface area contributed by atoms with Gasteiger partial charge < -0.3 is 9.47 Å². The minimum atomic E-state index is -0.0189. The molecule has 1 aliphatic rings. The minimum Gasteiger partial charge on any atom is -0.497 e. The molecular formula is C14H18O3. The second kappa shape index (κ2) is 4.78. The SMILES string of the molecule is COc1ccc2c(c1)CC(C(=O)C(C)C)CO2. The fourth-order valence-electron chi connectivity index (χ4n) is 2.15.